The summed E-state index contributed by atoms with van der Waals surface area (Å²) in [7, 11) is 1.61. The molecule has 0 aliphatic rings. The van der Waals surface area contributed by atoms with Gasteiger partial charge in [0.15, 0.2) is 5.76 Å². The predicted molar refractivity (Wildman–Crippen MR) is 93.1 cm³/mol. The van der Waals surface area contributed by atoms with E-state index in [4.69, 9.17) is 9.26 Å². The van der Waals surface area contributed by atoms with E-state index in [0.717, 1.165) is 17.0 Å². The highest BCUT2D eigenvalue weighted by Gasteiger charge is 2.09. The summed E-state index contributed by atoms with van der Waals surface area (Å²) in [6.45, 7) is 0.424. The number of methoxy groups -OCH3 is 1. The molecule has 0 unspecified atom stereocenters. The third kappa shape index (κ3) is 4.57. The summed E-state index contributed by atoms with van der Waals surface area (Å²) in [6, 6.07) is 13.0. The van der Waals surface area contributed by atoms with Gasteiger partial charge in [-0.05, 0) is 24.3 Å². The first kappa shape index (κ1) is 16.5. The largest absolute Gasteiger partial charge is 0.497 e. The zero-order valence-electron chi connectivity index (χ0n) is 13.7. The fourth-order valence-corrected chi connectivity index (χ4v) is 2.21. The molecule has 7 heteroatoms. The molecule has 1 amide bonds. The van der Waals surface area contributed by atoms with Gasteiger partial charge in [0.25, 0.3) is 0 Å². The summed E-state index contributed by atoms with van der Waals surface area (Å²) in [4.78, 5) is 15.9. The maximum Gasteiger partial charge on any atom is 0.239 e. The summed E-state index contributed by atoms with van der Waals surface area (Å²) in [5, 5.41) is 9.79. The van der Waals surface area contributed by atoms with Crippen molar-refractivity contribution in [2.24, 2.45) is 0 Å². The lowest BCUT2D eigenvalue weighted by Crippen LogP contribution is -2.29. The Labute approximate surface area is 145 Å². The molecule has 0 bridgehead atoms. The number of amides is 1. The molecule has 0 fully saturated rings. The van der Waals surface area contributed by atoms with Crippen LogP contribution in [0.3, 0.4) is 0 Å². The number of pyridine rings is 1. The average Bonchev–Trinajstić information content (AvgIpc) is 3.15. The Morgan fingerprint density at radius 3 is 2.96 bits per heavy atom. The summed E-state index contributed by atoms with van der Waals surface area (Å²) in [5.41, 5.74) is 2.37. The minimum absolute atomic E-state index is 0.150. The number of rotatable bonds is 7. The molecule has 7 nitrogen and oxygen atoms in total. The van der Waals surface area contributed by atoms with E-state index in [9.17, 15) is 4.79 Å². The van der Waals surface area contributed by atoms with E-state index < -0.39 is 0 Å². The molecule has 1 aromatic carbocycles. The van der Waals surface area contributed by atoms with Gasteiger partial charge in [-0.15, -0.1) is 0 Å². The van der Waals surface area contributed by atoms with Crippen molar-refractivity contribution in [1.29, 1.82) is 0 Å². The molecule has 0 saturated carbocycles. The van der Waals surface area contributed by atoms with Crippen molar-refractivity contribution >= 4 is 11.6 Å². The Morgan fingerprint density at radius 2 is 2.16 bits per heavy atom. The standard InChI is InChI=1S/C18H18N4O3/c1-24-15-6-2-4-13(8-15)17-9-16(25-22-17)11-21-18(23)12-20-14-5-3-7-19-10-14/h2-10,20H,11-12H2,1H3,(H,21,23). The summed E-state index contributed by atoms with van der Waals surface area (Å²) in [6.07, 6.45) is 3.33. The molecular formula is C18H18N4O3. The number of aromatic nitrogens is 2. The zero-order valence-corrected chi connectivity index (χ0v) is 13.7. The van der Waals surface area contributed by atoms with Crippen LogP contribution in [0.5, 0.6) is 5.75 Å². The fraction of sp³-hybridized carbons (Fsp3) is 0.167. The summed E-state index contributed by atoms with van der Waals surface area (Å²) >= 11 is 0. The monoisotopic (exact) mass is 338 g/mol. The van der Waals surface area contributed by atoms with Crippen LogP contribution >= 0.6 is 0 Å². The number of nitrogens with zero attached hydrogens (tertiary/aromatic N) is 2. The van der Waals surface area contributed by atoms with Crippen LogP contribution in [0.2, 0.25) is 0 Å². The Bertz CT molecular complexity index is 833. The van der Waals surface area contributed by atoms with Crippen LogP contribution in [0.25, 0.3) is 11.3 Å². The van der Waals surface area contributed by atoms with E-state index in [1.807, 2.05) is 30.3 Å². The van der Waals surface area contributed by atoms with Crippen molar-refractivity contribution in [3.8, 4) is 17.0 Å². The van der Waals surface area contributed by atoms with E-state index in [1.54, 1.807) is 31.6 Å². The first-order valence-corrected chi connectivity index (χ1v) is 7.75. The second-order valence-electron chi connectivity index (χ2n) is 5.28. The molecule has 0 radical (unpaired) electrons. The van der Waals surface area contributed by atoms with Crippen molar-refractivity contribution in [3.05, 3.63) is 60.6 Å². The first-order valence-electron chi connectivity index (χ1n) is 7.75. The highest BCUT2D eigenvalue weighted by molar-refractivity contribution is 5.80. The molecular weight excluding hydrogens is 320 g/mol. The van der Waals surface area contributed by atoms with Crippen LogP contribution < -0.4 is 15.4 Å². The van der Waals surface area contributed by atoms with Crippen LogP contribution in [0.1, 0.15) is 5.76 Å². The molecule has 2 heterocycles. The van der Waals surface area contributed by atoms with Crippen molar-refractivity contribution < 1.29 is 14.1 Å². The van der Waals surface area contributed by atoms with Gasteiger partial charge < -0.3 is 19.9 Å². The highest BCUT2D eigenvalue weighted by atomic mass is 16.5. The van der Waals surface area contributed by atoms with Crippen LogP contribution in [0.15, 0.2) is 59.4 Å². The maximum atomic E-state index is 11.9. The fourth-order valence-electron chi connectivity index (χ4n) is 2.21. The SMILES string of the molecule is COc1cccc(-c2cc(CNC(=O)CNc3cccnc3)on2)c1. The molecule has 2 N–H and O–H groups in total. The number of carbonyl (C=O) groups is 1. The Kier molecular flexibility index (Phi) is 5.26. The number of hydrogen-bond acceptors (Lipinski definition) is 6. The summed E-state index contributed by atoms with van der Waals surface area (Å²) in [5.74, 6) is 1.17. The van der Waals surface area contributed by atoms with Crippen molar-refractivity contribution in [1.82, 2.24) is 15.5 Å². The Hall–Kier alpha value is -3.35. The predicted octanol–water partition coefficient (Wildman–Crippen LogP) is 2.47. The molecule has 0 aliphatic carbocycles. The van der Waals surface area contributed by atoms with Crippen LogP contribution in [0.4, 0.5) is 5.69 Å². The number of benzene rings is 1. The summed E-state index contributed by atoms with van der Waals surface area (Å²) < 4.78 is 10.5. The molecule has 0 spiro atoms. The minimum Gasteiger partial charge on any atom is -0.497 e. The molecule has 25 heavy (non-hydrogen) atoms. The highest BCUT2D eigenvalue weighted by Crippen LogP contribution is 2.23. The van der Waals surface area contributed by atoms with Gasteiger partial charge in [-0.2, -0.15) is 0 Å². The Balaban J connectivity index is 1.52. The van der Waals surface area contributed by atoms with Crippen LogP contribution in [-0.2, 0) is 11.3 Å². The smallest absolute Gasteiger partial charge is 0.239 e. The van der Waals surface area contributed by atoms with Crippen LogP contribution in [-0.4, -0.2) is 29.7 Å². The van der Waals surface area contributed by atoms with E-state index in [0.29, 0.717) is 11.5 Å². The Morgan fingerprint density at radius 1 is 1.24 bits per heavy atom. The minimum atomic E-state index is -0.150. The molecule has 128 valence electrons. The van der Waals surface area contributed by atoms with Gasteiger partial charge in [-0.1, -0.05) is 17.3 Å². The third-order valence-electron chi connectivity index (χ3n) is 3.50. The van der Waals surface area contributed by atoms with Crippen molar-refractivity contribution in [2.45, 2.75) is 6.54 Å². The maximum absolute atomic E-state index is 11.9. The quantitative estimate of drug-likeness (QED) is 0.688. The van der Waals surface area contributed by atoms with Crippen molar-refractivity contribution in [3.63, 3.8) is 0 Å². The number of nitrogens with one attached hydrogen (secondary N) is 2. The van der Waals surface area contributed by atoms with Gasteiger partial charge in [-0.3, -0.25) is 9.78 Å². The van der Waals surface area contributed by atoms with E-state index in [-0.39, 0.29) is 19.0 Å². The van der Waals surface area contributed by atoms with Gasteiger partial charge >= 0.3 is 0 Å². The second-order valence-corrected chi connectivity index (χ2v) is 5.28. The number of carbonyl (C=O) groups excluding carboxylic acids is 1. The normalized spacial score (nSPS) is 10.3. The molecule has 3 aromatic rings. The van der Waals surface area contributed by atoms with Gasteiger partial charge in [0.05, 0.1) is 25.9 Å². The average molecular weight is 338 g/mol. The van der Waals surface area contributed by atoms with Gasteiger partial charge in [0.2, 0.25) is 5.91 Å². The van der Waals surface area contributed by atoms with Gasteiger partial charge in [0, 0.05) is 24.0 Å². The van der Waals surface area contributed by atoms with E-state index in [2.05, 4.69) is 20.8 Å². The first-order chi connectivity index (χ1) is 12.2. The van der Waals surface area contributed by atoms with E-state index >= 15 is 0 Å². The molecule has 0 aliphatic heterocycles. The lowest BCUT2D eigenvalue weighted by Gasteiger charge is -2.05. The molecule has 0 atom stereocenters. The second kappa shape index (κ2) is 7.96. The molecule has 0 saturated heterocycles. The third-order valence-corrected chi connectivity index (χ3v) is 3.50. The zero-order chi connectivity index (χ0) is 17.5. The van der Waals surface area contributed by atoms with E-state index in [1.165, 1.54) is 0 Å². The molecule has 2 aromatic heterocycles. The van der Waals surface area contributed by atoms with Gasteiger partial charge in [-0.25, -0.2) is 0 Å². The van der Waals surface area contributed by atoms with Crippen molar-refractivity contribution in [2.75, 3.05) is 19.0 Å². The number of ether oxygens (including phenoxy) is 1. The van der Waals surface area contributed by atoms with Crippen LogP contribution in [0, 0.1) is 0 Å². The lowest BCUT2D eigenvalue weighted by molar-refractivity contribution is -0.119. The number of anilines is 1. The lowest BCUT2D eigenvalue weighted by atomic mass is 10.1. The molecule has 3 rings (SSSR count). The number of hydrogen-bond donors (Lipinski definition) is 2. The topological polar surface area (TPSA) is 89.3 Å². The van der Waals surface area contributed by atoms with Gasteiger partial charge in [0.1, 0.15) is 11.4 Å².